The molecule has 1 unspecified atom stereocenters. The fraction of sp³-hybridized carbons (Fsp3) is 0.500. The maximum atomic E-state index is 12.2. The van der Waals surface area contributed by atoms with Crippen molar-refractivity contribution in [2.24, 2.45) is 5.92 Å². The molecular weight excluding hydrogens is 266 g/mol. The van der Waals surface area contributed by atoms with Crippen LogP contribution >= 0.6 is 0 Å². The topological polar surface area (TPSA) is 61.4 Å². The summed E-state index contributed by atoms with van der Waals surface area (Å²) in [5.74, 6) is 0.460. The molecule has 112 valence electrons. The number of likely N-dealkylation sites (tertiary alicyclic amines) is 1. The first kappa shape index (κ1) is 14.1. The van der Waals surface area contributed by atoms with Crippen molar-refractivity contribution in [3.05, 3.63) is 29.3 Å². The summed E-state index contributed by atoms with van der Waals surface area (Å²) in [4.78, 5) is 25.9. The lowest BCUT2D eigenvalue weighted by Gasteiger charge is -2.29. The zero-order chi connectivity index (χ0) is 14.8. The minimum Gasteiger partial charge on any atom is -0.352 e. The molecule has 2 N–H and O–H groups in total. The molecule has 0 spiro atoms. The van der Waals surface area contributed by atoms with Crippen LogP contribution < -0.4 is 10.6 Å². The molecule has 1 aromatic carbocycles. The van der Waals surface area contributed by atoms with Crippen molar-refractivity contribution in [1.82, 2.24) is 10.2 Å². The van der Waals surface area contributed by atoms with Gasteiger partial charge in [-0.1, -0.05) is 6.07 Å². The Labute approximate surface area is 124 Å². The summed E-state index contributed by atoms with van der Waals surface area (Å²) in [5, 5.41) is 5.79. The third-order valence-electron chi connectivity index (χ3n) is 4.27. The Hall–Kier alpha value is -1.88. The van der Waals surface area contributed by atoms with Crippen LogP contribution in [0.4, 0.5) is 5.69 Å². The van der Waals surface area contributed by atoms with Crippen LogP contribution in [0.1, 0.15) is 28.8 Å². The molecule has 5 nitrogen and oxygen atoms in total. The van der Waals surface area contributed by atoms with Crippen LogP contribution in [0.15, 0.2) is 18.2 Å². The van der Waals surface area contributed by atoms with Crippen LogP contribution in [0.3, 0.4) is 0 Å². The lowest BCUT2D eigenvalue weighted by Crippen LogP contribution is -2.39. The van der Waals surface area contributed by atoms with E-state index in [-0.39, 0.29) is 11.8 Å². The summed E-state index contributed by atoms with van der Waals surface area (Å²) < 4.78 is 0. The van der Waals surface area contributed by atoms with Crippen molar-refractivity contribution >= 4 is 17.5 Å². The normalized spacial score (nSPS) is 21.8. The maximum Gasteiger partial charge on any atom is 0.251 e. The Morgan fingerprint density at radius 1 is 1.48 bits per heavy atom. The number of nitrogens with zero attached hydrogens (tertiary/aromatic N) is 1. The molecule has 2 amide bonds. The van der Waals surface area contributed by atoms with E-state index in [9.17, 15) is 9.59 Å². The molecule has 0 saturated carbocycles. The molecule has 2 aliphatic heterocycles. The summed E-state index contributed by atoms with van der Waals surface area (Å²) in [7, 11) is 2.12. The fourth-order valence-corrected chi connectivity index (χ4v) is 3.13. The molecule has 0 radical (unpaired) electrons. The van der Waals surface area contributed by atoms with Crippen molar-refractivity contribution < 1.29 is 9.59 Å². The van der Waals surface area contributed by atoms with Gasteiger partial charge in [-0.3, -0.25) is 9.59 Å². The molecule has 1 fully saturated rings. The van der Waals surface area contributed by atoms with E-state index in [0.29, 0.717) is 24.4 Å². The van der Waals surface area contributed by atoms with Crippen LogP contribution in [-0.4, -0.2) is 43.4 Å². The van der Waals surface area contributed by atoms with Gasteiger partial charge in [0.2, 0.25) is 5.91 Å². The molecular formula is C16H21N3O2. The van der Waals surface area contributed by atoms with Crippen molar-refractivity contribution in [3.8, 4) is 0 Å². The van der Waals surface area contributed by atoms with Crippen molar-refractivity contribution in [2.75, 3.05) is 32.0 Å². The molecule has 3 rings (SSSR count). The molecule has 0 aliphatic carbocycles. The molecule has 2 aliphatic rings. The predicted octanol–water partition coefficient (Wildman–Crippen LogP) is 1.25. The van der Waals surface area contributed by atoms with Crippen LogP contribution in [-0.2, 0) is 11.2 Å². The highest BCUT2D eigenvalue weighted by atomic mass is 16.2. The Bertz CT molecular complexity index is 571. The highest BCUT2D eigenvalue weighted by molar-refractivity contribution is 6.02. The highest BCUT2D eigenvalue weighted by Crippen LogP contribution is 2.24. The Balaban J connectivity index is 1.58. The summed E-state index contributed by atoms with van der Waals surface area (Å²) in [6, 6.07) is 5.42. The number of anilines is 1. The largest absolute Gasteiger partial charge is 0.352 e. The molecule has 5 heteroatoms. The average molecular weight is 287 g/mol. The molecule has 2 heterocycles. The molecule has 1 saturated heterocycles. The molecule has 0 aromatic heterocycles. The molecule has 21 heavy (non-hydrogen) atoms. The predicted molar refractivity (Wildman–Crippen MR) is 81.3 cm³/mol. The Morgan fingerprint density at radius 2 is 2.33 bits per heavy atom. The number of hydrogen-bond donors (Lipinski definition) is 2. The summed E-state index contributed by atoms with van der Waals surface area (Å²) >= 11 is 0. The van der Waals surface area contributed by atoms with Gasteiger partial charge < -0.3 is 15.5 Å². The van der Waals surface area contributed by atoms with E-state index < -0.39 is 0 Å². The summed E-state index contributed by atoms with van der Waals surface area (Å²) in [5.41, 5.74) is 2.34. The van der Waals surface area contributed by atoms with Crippen LogP contribution in [0.25, 0.3) is 0 Å². The summed E-state index contributed by atoms with van der Waals surface area (Å²) in [6.45, 7) is 2.90. The zero-order valence-corrected chi connectivity index (χ0v) is 12.3. The lowest BCUT2D eigenvalue weighted by atomic mass is 9.98. The fourth-order valence-electron chi connectivity index (χ4n) is 3.13. The number of benzene rings is 1. The van der Waals surface area contributed by atoms with E-state index in [4.69, 9.17) is 0 Å². The van der Waals surface area contributed by atoms with E-state index in [1.165, 1.54) is 12.8 Å². The van der Waals surface area contributed by atoms with Crippen molar-refractivity contribution in [3.63, 3.8) is 0 Å². The number of piperidine rings is 1. The van der Waals surface area contributed by atoms with E-state index in [1.807, 2.05) is 6.07 Å². The monoisotopic (exact) mass is 287 g/mol. The van der Waals surface area contributed by atoms with E-state index >= 15 is 0 Å². The Morgan fingerprint density at radius 3 is 3.14 bits per heavy atom. The second-order valence-corrected chi connectivity index (χ2v) is 6.08. The van der Waals surface area contributed by atoms with E-state index in [2.05, 4.69) is 22.6 Å². The number of fused-ring (bicyclic) bond motifs is 1. The highest BCUT2D eigenvalue weighted by Gasteiger charge is 2.20. The minimum atomic E-state index is -0.0628. The molecule has 0 bridgehead atoms. The van der Waals surface area contributed by atoms with Gasteiger partial charge in [0, 0.05) is 24.3 Å². The first-order valence-electron chi connectivity index (χ1n) is 7.51. The average Bonchev–Trinajstić information content (AvgIpc) is 2.84. The van der Waals surface area contributed by atoms with Gasteiger partial charge in [0.1, 0.15) is 0 Å². The summed E-state index contributed by atoms with van der Waals surface area (Å²) in [6.07, 6.45) is 2.78. The quantitative estimate of drug-likeness (QED) is 0.879. The van der Waals surface area contributed by atoms with E-state index in [0.717, 1.165) is 24.3 Å². The standard InChI is InChI=1S/C16H21N3O2/c1-19-6-2-3-11(10-19)9-17-16(21)13-5-4-12-8-15(20)18-14(12)7-13/h4-5,7,11H,2-3,6,8-10H2,1H3,(H,17,21)(H,18,20). The van der Waals surface area contributed by atoms with Crippen molar-refractivity contribution in [2.45, 2.75) is 19.3 Å². The van der Waals surface area contributed by atoms with Gasteiger partial charge in [-0.15, -0.1) is 0 Å². The second kappa shape index (κ2) is 5.85. The van der Waals surface area contributed by atoms with Gasteiger partial charge in [-0.2, -0.15) is 0 Å². The minimum absolute atomic E-state index is 0.00667. The van der Waals surface area contributed by atoms with Gasteiger partial charge >= 0.3 is 0 Å². The van der Waals surface area contributed by atoms with E-state index in [1.54, 1.807) is 12.1 Å². The first-order chi connectivity index (χ1) is 10.1. The lowest BCUT2D eigenvalue weighted by molar-refractivity contribution is -0.115. The van der Waals surface area contributed by atoms with Gasteiger partial charge in [-0.25, -0.2) is 0 Å². The Kier molecular flexibility index (Phi) is 3.92. The number of rotatable bonds is 3. The third-order valence-corrected chi connectivity index (χ3v) is 4.27. The molecule has 1 atom stereocenters. The van der Waals surface area contributed by atoms with Gasteiger partial charge in [0.25, 0.3) is 5.91 Å². The van der Waals surface area contributed by atoms with Gasteiger partial charge in [-0.05, 0) is 50.0 Å². The SMILES string of the molecule is CN1CCCC(CNC(=O)c2ccc3c(c2)NC(=O)C3)C1. The smallest absolute Gasteiger partial charge is 0.251 e. The number of amides is 2. The number of carbonyl (C=O) groups is 2. The number of hydrogen-bond acceptors (Lipinski definition) is 3. The molecule has 1 aromatic rings. The van der Waals surface area contributed by atoms with Crippen LogP contribution in [0, 0.1) is 5.92 Å². The van der Waals surface area contributed by atoms with Gasteiger partial charge in [0.05, 0.1) is 6.42 Å². The van der Waals surface area contributed by atoms with Crippen LogP contribution in [0.5, 0.6) is 0 Å². The van der Waals surface area contributed by atoms with Gasteiger partial charge in [0.15, 0.2) is 0 Å². The first-order valence-corrected chi connectivity index (χ1v) is 7.51. The van der Waals surface area contributed by atoms with Crippen LogP contribution in [0.2, 0.25) is 0 Å². The zero-order valence-electron chi connectivity index (χ0n) is 12.3. The number of carbonyl (C=O) groups excluding carboxylic acids is 2. The van der Waals surface area contributed by atoms with Crippen molar-refractivity contribution in [1.29, 1.82) is 0 Å². The third kappa shape index (κ3) is 3.24. The second-order valence-electron chi connectivity index (χ2n) is 6.08. The number of nitrogens with one attached hydrogen (secondary N) is 2. The maximum absolute atomic E-state index is 12.2.